The van der Waals surface area contributed by atoms with Crippen LogP contribution in [0.25, 0.3) is 0 Å². The lowest BCUT2D eigenvalue weighted by atomic mass is 9.55. The molecule has 0 bridgehead atoms. The number of hydrogen-bond acceptors (Lipinski definition) is 5. The van der Waals surface area contributed by atoms with Crippen LogP contribution < -0.4 is 0 Å². The van der Waals surface area contributed by atoms with Crippen LogP contribution in [-0.4, -0.2) is 36.6 Å². The lowest BCUT2D eigenvalue weighted by Gasteiger charge is -2.32. The van der Waals surface area contributed by atoms with Gasteiger partial charge >= 0.3 is 14.2 Å². The fraction of sp³-hybridized carbons (Fsp3) is 0.955. The number of nitrogens with zero attached hydrogens (tertiary/aromatic N) is 1. The minimum Gasteiger partial charge on any atom is -0.403 e. The number of hydrogen-bond donors (Lipinski definition) is 0. The SMILES string of the molecule is CCCCCCC(C#N)C(CB1OC(C)(C)C(C)(C)O1)B1OC(C)(C)C(C)(C)O1. The van der Waals surface area contributed by atoms with Crippen LogP contribution in [-0.2, 0) is 18.6 Å². The van der Waals surface area contributed by atoms with E-state index in [9.17, 15) is 5.26 Å². The Morgan fingerprint density at radius 3 is 1.69 bits per heavy atom. The van der Waals surface area contributed by atoms with Gasteiger partial charge in [0.1, 0.15) is 0 Å². The molecular weight excluding hydrogens is 364 g/mol. The zero-order chi connectivity index (χ0) is 22.1. The monoisotopic (exact) mass is 405 g/mol. The summed E-state index contributed by atoms with van der Waals surface area (Å²) in [7, 11) is -0.801. The molecule has 0 radical (unpaired) electrons. The van der Waals surface area contributed by atoms with Crippen molar-refractivity contribution in [2.75, 3.05) is 0 Å². The molecule has 0 spiro atoms. The summed E-state index contributed by atoms with van der Waals surface area (Å²) in [6, 6.07) is 2.55. The first-order valence-corrected chi connectivity index (χ1v) is 11.4. The summed E-state index contributed by atoms with van der Waals surface area (Å²) in [4.78, 5) is 0. The first-order chi connectivity index (χ1) is 13.3. The fourth-order valence-corrected chi connectivity index (χ4v) is 3.98. The van der Waals surface area contributed by atoms with Gasteiger partial charge in [-0.3, -0.25) is 0 Å². The van der Waals surface area contributed by atoms with Crippen LogP contribution in [0.2, 0.25) is 12.1 Å². The van der Waals surface area contributed by atoms with E-state index in [4.69, 9.17) is 18.6 Å². The average Bonchev–Trinajstić information content (AvgIpc) is 2.92. The molecule has 0 aliphatic carbocycles. The second-order valence-electron chi connectivity index (χ2n) is 10.8. The predicted molar refractivity (Wildman–Crippen MR) is 119 cm³/mol. The second kappa shape index (κ2) is 8.91. The molecule has 0 aromatic heterocycles. The smallest absolute Gasteiger partial charge is 0.403 e. The van der Waals surface area contributed by atoms with Crippen molar-refractivity contribution in [2.24, 2.45) is 5.92 Å². The Hall–Kier alpha value is -0.540. The first-order valence-electron chi connectivity index (χ1n) is 11.4. The second-order valence-corrected chi connectivity index (χ2v) is 10.8. The zero-order valence-corrected chi connectivity index (χ0v) is 20.1. The highest BCUT2D eigenvalue weighted by molar-refractivity contribution is 6.53. The van der Waals surface area contributed by atoms with Gasteiger partial charge in [0, 0.05) is 11.7 Å². The zero-order valence-electron chi connectivity index (χ0n) is 20.1. The van der Waals surface area contributed by atoms with Crippen molar-refractivity contribution in [1.29, 1.82) is 5.26 Å². The minimum atomic E-state index is -0.435. The molecule has 29 heavy (non-hydrogen) atoms. The van der Waals surface area contributed by atoms with Gasteiger partial charge in [-0.15, -0.1) is 0 Å². The maximum Gasteiger partial charge on any atom is 0.461 e. The van der Waals surface area contributed by atoms with E-state index < -0.39 is 18.3 Å². The van der Waals surface area contributed by atoms with E-state index in [1.807, 2.05) is 0 Å². The molecule has 0 amide bonds. The van der Waals surface area contributed by atoms with E-state index in [-0.39, 0.29) is 30.1 Å². The summed E-state index contributed by atoms with van der Waals surface area (Å²) in [6.45, 7) is 18.7. The molecule has 2 unspecified atom stereocenters. The summed E-state index contributed by atoms with van der Waals surface area (Å²) in [5, 5.41) is 10.0. The van der Waals surface area contributed by atoms with E-state index in [2.05, 4.69) is 68.4 Å². The molecule has 0 aromatic carbocycles. The van der Waals surface area contributed by atoms with Crippen molar-refractivity contribution in [2.45, 2.75) is 129 Å². The van der Waals surface area contributed by atoms with Gasteiger partial charge in [-0.05, 0) is 68.1 Å². The van der Waals surface area contributed by atoms with Crippen molar-refractivity contribution in [3.8, 4) is 6.07 Å². The number of nitriles is 1. The van der Waals surface area contributed by atoms with Crippen LogP contribution in [0.15, 0.2) is 0 Å². The molecule has 5 nitrogen and oxygen atoms in total. The lowest BCUT2D eigenvalue weighted by Crippen LogP contribution is -2.41. The van der Waals surface area contributed by atoms with Crippen molar-refractivity contribution < 1.29 is 18.6 Å². The molecule has 2 aliphatic rings. The molecule has 0 aromatic rings. The lowest BCUT2D eigenvalue weighted by molar-refractivity contribution is 0.00578. The molecule has 2 saturated heterocycles. The Bertz CT molecular complexity index is 568. The summed E-state index contributed by atoms with van der Waals surface area (Å²) in [5.74, 6) is -0.252. The van der Waals surface area contributed by atoms with Gasteiger partial charge < -0.3 is 18.6 Å². The van der Waals surface area contributed by atoms with Gasteiger partial charge in [0.25, 0.3) is 0 Å². The van der Waals surface area contributed by atoms with Crippen molar-refractivity contribution in [1.82, 2.24) is 0 Å². The quantitative estimate of drug-likeness (QED) is 0.367. The highest BCUT2D eigenvalue weighted by Crippen LogP contribution is 2.46. The van der Waals surface area contributed by atoms with Crippen LogP contribution in [0.1, 0.15) is 94.4 Å². The molecule has 2 atom stereocenters. The molecule has 2 aliphatic heterocycles. The summed E-state index contributed by atoms with van der Waals surface area (Å²) in [6.07, 6.45) is 6.04. The average molecular weight is 405 g/mol. The van der Waals surface area contributed by atoms with E-state index in [0.29, 0.717) is 6.32 Å². The summed E-state index contributed by atoms with van der Waals surface area (Å²) >= 11 is 0. The topological polar surface area (TPSA) is 60.7 Å². The maximum atomic E-state index is 10.0. The minimum absolute atomic E-state index is 0.0997. The van der Waals surface area contributed by atoms with Gasteiger partial charge in [0.2, 0.25) is 0 Å². The van der Waals surface area contributed by atoms with Crippen LogP contribution in [0.4, 0.5) is 0 Å². The maximum absolute atomic E-state index is 10.0. The van der Waals surface area contributed by atoms with Gasteiger partial charge in [-0.1, -0.05) is 32.6 Å². The Morgan fingerprint density at radius 1 is 0.759 bits per heavy atom. The largest absolute Gasteiger partial charge is 0.461 e. The first kappa shape index (κ1) is 24.7. The van der Waals surface area contributed by atoms with Crippen LogP contribution >= 0.6 is 0 Å². The standard InChI is InChI=1S/C22H41B2NO4/c1-10-11-12-13-14-17(16-25)18(24-28-21(6,7)22(8,9)29-24)15-23-26-19(2,3)20(4,5)27-23/h17-18H,10-15H2,1-9H3. The van der Waals surface area contributed by atoms with E-state index in [0.717, 1.165) is 19.3 Å². The molecule has 164 valence electrons. The Morgan fingerprint density at radius 2 is 1.24 bits per heavy atom. The van der Waals surface area contributed by atoms with Crippen LogP contribution in [0.3, 0.4) is 0 Å². The molecule has 2 rings (SSSR count). The highest BCUT2D eigenvalue weighted by atomic mass is 16.7. The molecular formula is C22H41B2NO4. The fourth-order valence-electron chi connectivity index (χ4n) is 3.98. The van der Waals surface area contributed by atoms with E-state index in [1.165, 1.54) is 12.8 Å². The Labute approximate surface area is 179 Å². The molecule has 7 heteroatoms. The third-order valence-corrected chi connectivity index (χ3v) is 7.44. The predicted octanol–water partition coefficient (Wildman–Crippen LogP) is 5.65. The third kappa shape index (κ3) is 5.39. The third-order valence-electron chi connectivity index (χ3n) is 7.44. The van der Waals surface area contributed by atoms with Crippen LogP contribution in [0, 0.1) is 17.2 Å². The summed E-state index contributed by atoms with van der Waals surface area (Å²) < 4.78 is 25.2. The molecule has 2 fully saturated rings. The van der Waals surface area contributed by atoms with Gasteiger partial charge in [-0.2, -0.15) is 5.26 Å². The summed E-state index contributed by atoms with van der Waals surface area (Å²) in [5.41, 5.74) is -1.62. The van der Waals surface area contributed by atoms with Crippen molar-refractivity contribution in [3.63, 3.8) is 0 Å². The normalized spacial score (nSPS) is 26.3. The van der Waals surface area contributed by atoms with Gasteiger partial charge in [0.15, 0.2) is 0 Å². The molecule has 0 N–H and O–H groups in total. The van der Waals surface area contributed by atoms with Gasteiger partial charge in [0.05, 0.1) is 28.5 Å². The molecule has 2 heterocycles. The van der Waals surface area contributed by atoms with Crippen molar-refractivity contribution >= 4 is 14.2 Å². The highest BCUT2D eigenvalue weighted by Gasteiger charge is 2.58. The Balaban J connectivity index is 2.19. The van der Waals surface area contributed by atoms with Crippen LogP contribution in [0.5, 0.6) is 0 Å². The number of rotatable bonds is 9. The van der Waals surface area contributed by atoms with E-state index >= 15 is 0 Å². The van der Waals surface area contributed by atoms with E-state index in [1.54, 1.807) is 0 Å². The molecule has 0 saturated carbocycles. The number of unbranched alkanes of at least 4 members (excludes halogenated alkanes) is 3. The van der Waals surface area contributed by atoms with Gasteiger partial charge in [-0.25, -0.2) is 0 Å². The van der Waals surface area contributed by atoms with Crippen molar-refractivity contribution in [3.05, 3.63) is 0 Å². The Kier molecular flexibility index (Phi) is 7.59.